The second-order valence-electron chi connectivity index (χ2n) is 3.54. The quantitative estimate of drug-likeness (QED) is 0.695. The highest BCUT2D eigenvalue weighted by atomic mass is 35.5. The third-order valence-electron chi connectivity index (χ3n) is 2.14. The summed E-state index contributed by atoms with van der Waals surface area (Å²) in [5, 5.41) is -0.188. The highest BCUT2D eigenvalue weighted by Crippen LogP contribution is 2.22. The number of nitrogens with one attached hydrogen (secondary N) is 1. The summed E-state index contributed by atoms with van der Waals surface area (Å²) in [4.78, 5) is 6.44. The minimum absolute atomic E-state index is 0.188. The van der Waals surface area contributed by atoms with Gasteiger partial charge in [-0.15, -0.1) is 0 Å². The molecule has 0 spiro atoms. The molecule has 2 aromatic rings. The fraction of sp³-hybridized carbons (Fsp3) is 0. The highest BCUT2D eigenvalue weighted by Gasteiger charge is 2.20. The minimum atomic E-state index is -4.29. The predicted molar refractivity (Wildman–Crippen MR) is 64.2 cm³/mol. The van der Waals surface area contributed by atoms with Crippen LogP contribution in [0.4, 0.5) is 18.9 Å². The van der Waals surface area contributed by atoms with Crippen LogP contribution in [0.5, 0.6) is 0 Å². The Labute approximate surface area is 116 Å². The van der Waals surface area contributed by atoms with Crippen LogP contribution in [0.25, 0.3) is 0 Å². The van der Waals surface area contributed by atoms with Gasteiger partial charge >= 0.3 is 0 Å². The zero-order chi connectivity index (χ0) is 14.9. The zero-order valence-electron chi connectivity index (χ0n) is 9.44. The molecule has 0 aliphatic carbocycles. The van der Waals surface area contributed by atoms with Crippen LogP contribution in [0.15, 0.2) is 29.4 Å². The van der Waals surface area contributed by atoms with Crippen molar-refractivity contribution < 1.29 is 21.6 Å². The second kappa shape index (κ2) is 5.25. The third-order valence-corrected chi connectivity index (χ3v) is 3.66. The first-order valence-electron chi connectivity index (χ1n) is 4.94. The smallest absolute Gasteiger partial charge is 0.265 e. The minimum Gasteiger partial charge on any atom is -0.276 e. The van der Waals surface area contributed by atoms with Crippen LogP contribution in [0.2, 0.25) is 5.28 Å². The Balaban J connectivity index is 2.41. The first kappa shape index (κ1) is 14.5. The normalized spacial score (nSPS) is 11.4. The lowest BCUT2D eigenvalue weighted by molar-refractivity contribution is 0.498. The molecule has 20 heavy (non-hydrogen) atoms. The van der Waals surface area contributed by atoms with E-state index in [0.717, 1.165) is 12.4 Å². The lowest BCUT2D eigenvalue weighted by atomic mass is 10.3. The van der Waals surface area contributed by atoms with E-state index in [4.69, 9.17) is 11.6 Å². The molecule has 106 valence electrons. The SMILES string of the molecule is O=S(=O)(Nc1cc(F)cc(F)c1F)c1cnc(Cl)nc1. The summed E-state index contributed by atoms with van der Waals surface area (Å²) in [6.07, 6.45) is 1.73. The van der Waals surface area contributed by atoms with Gasteiger partial charge in [-0.2, -0.15) is 0 Å². The van der Waals surface area contributed by atoms with E-state index in [-0.39, 0.29) is 5.28 Å². The van der Waals surface area contributed by atoms with Crippen molar-refractivity contribution >= 4 is 27.3 Å². The molecule has 0 atom stereocenters. The van der Waals surface area contributed by atoms with Gasteiger partial charge in [0.05, 0.1) is 18.1 Å². The number of halogens is 4. The molecule has 0 unspecified atom stereocenters. The molecule has 2 rings (SSSR count). The van der Waals surface area contributed by atoms with Crippen LogP contribution >= 0.6 is 11.6 Å². The number of aromatic nitrogens is 2. The van der Waals surface area contributed by atoms with Crippen molar-refractivity contribution in [2.24, 2.45) is 0 Å². The molecule has 5 nitrogen and oxygen atoms in total. The van der Waals surface area contributed by atoms with Crippen molar-refractivity contribution in [3.63, 3.8) is 0 Å². The average Bonchev–Trinajstić information content (AvgIpc) is 2.35. The molecule has 0 bridgehead atoms. The van der Waals surface area contributed by atoms with Crippen molar-refractivity contribution in [2.75, 3.05) is 4.72 Å². The van der Waals surface area contributed by atoms with Gasteiger partial charge in [0.15, 0.2) is 11.6 Å². The molecule has 0 amide bonds. The van der Waals surface area contributed by atoms with E-state index in [1.54, 1.807) is 4.72 Å². The van der Waals surface area contributed by atoms with Crippen LogP contribution in [0.3, 0.4) is 0 Å². The molecule has 0 aliphatic rings. The maximum absolute atomic E-state index is 13.4. The Hall–Kier alpha value is -1.87. The maximum Gasteiger partial charge on any atom is 0.265 e. The van der Waals surface area contributed by atoms with E-state index in [1.165, 1.54) is 0 Å². The van der Waals surface area contributed by atoms with E-state index in [2.05, 4.69) is 9.97 Å². The summed E-state index contributed by atoms with van der Waals surface area (Å²) in [6, 6.07) is 0.797. The second-order valence-corrected chi connectivity index (χ2v) is 5.56. The van der Waals surface area contributed by atoms with Crippen LogP contribution < -0.4 is 4.72 Å². The summed E-state index contributed by atoms with van der Waals surface area (Å²) in [5.74, 6) is -4.17. The van der Waals surface area contributed by atoms with Crippen LogP contribution in [0.1, 0.15) is 0 Å². The van der Waals surface area contributed by atoms with Crippen LogP contribution in [-0.2, 0) is 10.0 Å². The van der Waals surface area contributed by atoms with Gasteiger partial charge in [-0.05, 0) is 11.6 Å². The van der Waals surface area contributed by atoms with Gasteiger partial charge in [-0.3, -0.25) is 4.72 Å². The first-order chi connectivity index (χ1) is 9.29. The number of benzene rings is 1. The Morgan fingerprint density at radius 2 is 1.70 bits per heavy atom. The largest absolute Gasteiger partial charge is 0.276 e. The van der Waals surface area contributed by atoms with Gasteiger partial charge in [0.1, 0.15) is 10.7 Å². The Kier molecular flexibility index (Phi) is 3.82. The van der Waals surface area contributed by atoms with E-state index in [0.29, 0.717) is 12.1 Å². The number of anilines is 1. The van der Waals surface area contributed by atoms with Gasteiger partial charge in [-0.1, -0.05) is 0 Å². The summed E-state index contributed by atoms with van der Waals surface area (Å²) >= 11 is 5.39. The molecule has 0 fully saturated rings. The Bertz CT molecular complexity index is 753. The summed E-state index contributed by atoms with van der Waals surface area (Å²) in [6.45, 7) is 0. The summed E-state index contributed by atoms with van der Waals surface area (Å²) < 4.78 is 64.7. The summed E-state index contributed by atoms with van der Waals surface area (Å²) in [5.41, 5.74) is -0.863. The van der Waals surface area contributed by atoms with Crippen molar-refractivity contribution in [3.8, 4) is 0 Å². The van der Waals surface area contributed by atoms with E-state index in [9.17, 15) is 21.6 Å². The van der Waals surface area contributed by atoms with Gasteiger partial charge < -0.3 is 0 Å². The van der Waals surface area contributed by atoms with Crippen molar-refractivity contribution in [1.82, 2.24) is 9.97 Å². The van der Waals surface area contributed by atoms with E-state index >= 15 is 0 Å². The molecule has 1 heterocycles. The van der Waals surface area contributed by atoms with Crippen LogP contribution in [0, 0.1) is 17.5 Å². The van der Waals surface area contributed by atoms with E-state index < -0.39 is 38.1 Å². The fourth-order valence-corrected chi connectivity index (χ4v) is 2.31. The molecule has 0 saturated carbocycles. The number of hydrogen-bond donors (Lipinski definition) is 1. The van der Waals surface area contributed by atoms with E-state index in [1.807, 2.05) is 0 Å². The highest BCUT2D eigenvalue weighted by molar-refractivity contribution is 7.92. The first-order valence-corrected chi connectivity index (χ1v) is 6.80. The average molecular weight is 324 g/mol. The standard InChI is InChI=1S/C10H5ClF3N3O2S/c11-10-15-3-6(4-16-10)20(18,19)17-8-2-5(12)1-7(13)9(8)14/h1-4,17H. The van der Waals surface area contributed by atoms with Crippen molar-refractivity contribution in [1.29, 1.82) is 0 Å². The molecular weight excluding hydrogens is 319 g/mol. The number of sulfonamides is 1. The van der Waals surface area contributed by atoms with Gasteiger partial charge in [0.25, 0.3) is 10.0 Å². The third kappa shape index (κ3) is 2.99. The number of rotatable bonds is 3. The van der Waals surface area contributed by atoms with Gasteiger partial charge in [-0.25, -0.2) is 31.6 Å². The van der Waals surface area contributed by atoms with Gasteiger partial charge in [0.2, 0.25) is 5.28 Å². The monoisotopic (exact) mass is 323 g/mol. The topological polar surface area (TPSA) is 72.0 Å². The number of hydrogen-bond acceptors (Lipinski definition) is 4. The van der Waals surface area contributed by atoms with Crippen LogP contribution in [-0.4, -0.2) is 18.4 Å². The molecule has 1 aromatic heterocycles. The molecule has 1 N–H and O–H groups in total. The lowest BCUT2D eigenvalue weighted by Gasteiger charge is -2.09. The molecule has 10 heteroatoms. The molecule has 0 radical (unpaired) electrons. The zero-order valence-corrected chi connectivity index (χ0v) is 11.0. The molecule has 0 aliphatic heterocycles. The van der Waals surface area contributed by atoms with Crippen molar-refractivity contribution in [3.05, 3.63) is 47.3 Å². The molecule has 1 aromatic carbocycles. The van der Waals surface area contributed by atoms with Gasteiger partial charge in [0, 0.05) is 12.1 Å². The molecule has 0 saturated heterocycles. The Morgan fingerprint density at radius 1 is 1.10 bits per heavy atom. The number of nitrogens with zero attached hydrogens (tertiary/aromatic N) is 2. The predicted octanol–water partition coefficient (Wildman–Crippen LogP) is 2.35. The summed E-state index contributed by atoms with van der Waals surface area (Å²) in [7, 11) is -4.29. The van der Waals surface area contributed by atoms with Crippen molar-refractivity contribution in [2.45, 2.75) is 4.90 Å². The lowest BCUT2D eigenvalue weighted by Crippen LogP contribution is -2.15. The fourth-order valence-electron chi connectivity index (χ4n) is 1.27. The Morgan fingerprint density at radius 3 is 2.30 bits per heavy atom. The maximum atomic E-state index is 13.4. The molecular formula is C10H5ClF3N3O2S.